The molecule has 0 aromatic rings. The minimum absolute atomic E-state index is 0.0706. The zero-order chi connectivity index (χ0) is 30.2. The van der Waals surface area contributed by atoms with Crippen LogP contribution in [0.4, 0.5) is 0 Å². The monoisotopic (exact) mass is 591 g/mol. The number of aliphatic hydroxyl groups is 1. The van der Waals surface area contributed by atoms with Gasteiger partial charge in [0.1, 0.15) is 0 Å². The fraction of sp³-hybridized carbons (Fsp3) is 0.897. The van der Waals surface area contributed by atoms with E-state index in [1.54, 1.807) is 0 Å². The Balaban J connectivity index is 2.07. The van der Waals surface area contributed by atoms with Crippen molar-refractivity contribution in [1.29, 1.82) is 0 Å². The highest BCUT2D eigenvalue weighted by Crippen LogP contribution is 2.35. The number of allylic oxidation sites excluding steroid dienone is 4. The van der Waals surface area contributed by atoms with Gasteiger partial charge in [0, 0.05) is 19.4 Å². The first-order chi connectivity index (χ1) is 20.8. The van der Waals surface area contributed by atoms with Crippen molar-refractivity contribution in [2.24, 2.45) is 0 Å². The largest absolute Gasteiger partial charge is 0.396 e. The molecule has 0 bridgehead atoms. The van der Waals surface area contributed by atoms with Crippen molar-refractivity contribution in [3.8, 4) is 0 Å². The molecule has 0 aromatic carbocycles. The zero-order valence-corrected chi connectivity index (χ0v) is 28.6. The van der Waals surface area contributed by atoms with Gasteiger partial charge in [-0.25, -0.2) is 0 Å². The molecule has 1 rings (SSSR count). The second-order valence-electron chi connectivity index (χ2n) is 13.1. The topological polar surface area (TPSA) is 38.7 Å². The lowest BCUT2D eigenvalue weighted by Crippen LogP contribution is -2.31. The molecule has 0 amide bonds. The van der Waals surface area contributed by atoms with Gasteiger partial charge in [0.15, 0.2) is 5.79 Å². The van der Waals surface area contributed by atoms with Crippen LogP contribution in [0.3, 0.4) is 0 Å². The van der Waals surface area contributed by atoms with E-state index < -0.39 is 5.79 Å². The van der Waals surface area contributed by atoms with E-state index in [-0.39, 0.29) is 12.7 Å². The van der Waals surface area contributed by atoms with Gasteiger partial charge in [-0.05, 0) is 70.6 Å². The summed E-state index contributed by atoms with van der Waals surface area (Å²) >= 11 is 0. The van der Waals surface area contributed by atoms with Crippen LogP contribution >= 0.6 is 0 Å². The SMILES string of the molecule is CCCCCCCC/C=C\CCCCCCCC1(CCCCCCC/C=C\CCCCCCCC)OCC(CCO)O1. The van der Waals surface area contributed by atoms with Crippen LogP contribution in [0.1, 0.15) is 200 Å². The highest BCUT2D eigenvalue weighted by Gasteiger charge is 2.40. The Morgan fingerprint density at radius 1 is 0.524 bits per heavy atom. The molecule has 1 aliphatic rings. The van der Waals surface area contributed by atoms with Crippen LogP contribution in [0, 0.1) is 0 Å². The lowest BCUT2D eigenvalue weighted by atomic mass is 9.99. The number of aliphatic hydroxyl groups excluding tert-OH is 1. The van der Waals surface area contributed by atoms with Crippen LogP contribution in [0.25, 0.3) is 0 Å². The summed E-state index contributed by atoms with van der Waals surface area (Å²) in [6, 6.07) is 0. The van der Waals surface area contributed by atoms with E-state index in [4.69, 9.17) is 9.47 Å². The van der Waals surface area contributed by atoms with Gasteiger partial charge in [-0.3, -0.25) is 0 Å². The maximum Gasteiger partial charge on any atom is 0.168 e. The molecule has 1 fully saturated rings. The molecule has 0 radical (unpaired) electrons. The van der Waals surface area contributed by atoms with Crippen molar-refractivity contribution in [3.05, 3.63) is 24.3 Å². The summed E-state index contributed by atoms with van der Waals surface area (Å²) in [5.41, 5.74) is 0. The van der Waals surface area contributed by atoms with E-state index in [1.807, 2.05) is 0 Å². The van der Waals surface area contributed by atoms with Crippen LogP contribution in [-0.2, 0) is 9.47 Å². The Morgan fingerprint density at radius 2 is 0.881 bits per heavy atom. The fourth-order valence-electron chi connectivity index (χ4n) is 6.22. The highest BCUT2D eigenvalue weighted by molar-refractivity contribution is 4.83. The summed E-state index contributed by atoms with van der Waals surface area (Å²) in [6.45, 7) is 5.41. The summed E-state index contributed by atoms with van der Waals surface area (Å²) in [7, 11) is 0. The Hall–Kier alpha value is -0.640. The standard InChI is InChI=1S/C39H74O3/c1-3-5-7-9-11-13-15-17-19-21-23-25-27-29-31-34-39(41-37-38(42-39)33-36-40)35-32-30-28-26-24-22-20-18-16-14-12-10-8-6-4-2/h17-20,38,40H,3-16,21-37H2,1-2H3/b19-17-,20-18-. The van der Waals surface area contributed by atoms with E-state index in [2.05, 4.69) is 38.2 Å². The smallest absolute Gasteiger partial charge is 0.168 e. The lowest BCUT2D eigenvalue weighted by Gasteiger charge is -2.28. The number of ether oxygens (including phenoxy) is 2. The average molecular weight is 591 g/mol. The molecule has 0 saturated carbocycles. The van der Waals surface area contributed by atoms with Crippen LogP contribution < -0.4 is 0 Å². The molecule has 0 aliphatic carbocycles. The molecule has 1 aliphatic heterocycles. The maximum atomic E-state index is 9.39. The molecule has 1 saturated heterocycles. The molecule has 1 unspecified atom stereocenters. The molecule has 1 atom stereocenters. The minimum atomic E-state index is -0.390. The van der Waals surface area contributed by atoms with Crippen LogP contribution in [0.2, 0.25) is 0 Å². The molecule has 42 heavy (non-hydrogen) atoms. The second kappa shape index (κ2) is 30.4. The molecule has 1 N–H and O–H groups in total. The third kappa shape index (κ3) is 23.8. The summed E-state index contributed by atoms with van der Waals surface area (Å²) in [4.78, 5) is 0. The normalized spacial score (nSPS) is 16.9. The summed E-state index contributed by atoms with van der Waals surface area (Å²) in [5.74, 6) is -0.390. The molecule has 0 spiro atoms. The first-order valence-electron chi connectivity index (χ1n) is 19.0. The molecule has 0 aromatic heterocycles. The van der Waals surface area contributed by atoms with E-state index in [9.17, 15) is 5.11 Å². The van der Waals surface area contributed by atoms with E-state index in [0.29, 0.717) is 13.0 Å². The minimum Gasteiger partial charge on any atom is -0.396 e. The average Bonchev–Trinajstić information content (AvgIpc) is 3.40. The Kier molecular flexibility index (Phi) is 28.5. The molecular formula is C39H74O3. The molecule has 1 heterocycles. The highest BCUT2D eigenvalue weighted by atomic mass is 16.7. The maximum absolute atomic E-state index is 9.39. The van der Waals surface area contributed by atoms with Crippen molar-refractivity contribution in [2.45, 2.75) is 212 Å². The van der Waals surface area contributed by atoms with Gasteiger partial charge in [-0.1, -0.05) is 141 Å². The van der Waals surface area contributed by atoms with Crippen LogP contribution in [0.5, 0.6) is 0 Å². The van der Waals surface area contributed by atoms with Crippen molar-refractivity contribution in [2.75, 3.05) is 13.2 Å². The third-order valence-electron chi connectivity index (χ3n) is 9.00. The third-order valence-corrected chi connectivity index (χ3v) is 9.00. The number of rotatable bonds is 32. The van der Waals surface area contributed by atoms with Gasteiger partial charge in [0.2, 0.25) is 0 Å². The predicted octanol–water partition coefficient (Wildman–Crippen LogP) is 12.6. The van der Waals surface area contributed by atoms with Crippen molar-refractivity contribution in [3.63, 3.8) is 0 Å². The van der Waals surface area contributed by atoms with Gasteiger partial charge in [-0.2, -0.15) is 0 Å². The van der Waals surface area contributed by atoms with Gasteiger partial charge < -0.3 is 14.6 Å². The number of unbranched alkanes of at least 4 members (excludes halogenated alkanes) is 22. The predicted molar refractivity (Wildman–Crippen MR) is 184 cm³/mol. The van der Waals surface area contributed by atoms with Crippen molar-refractivity contribution >= 4 is 0 Å². The Labute approximate surface area is 263 Å². The van der Waals surface area contributed by atoms with Gasteiger partial charge >= 0.3 is 0 Å². The summed E-state index contributed by atoms with van der Waals surface area (Å²) in [5, 5.41) is 9.39. The quantitative estimate of drug-likeness (QED) is 0.0625. The number of hydrogen-bond acceptors (Lipinski definition) is 3. The first kappa shape index (κ1) is 39.4. The van der Waals surface area contributed by atoms with Crippen LogP contribution in [-0.4, -0.2) is 30.2 Å². The van der Waals surface area contributed by atoms with Gasteiger partial charge in [0.05, 0.1) is 12.7 Å². The lowest BCUT2D eigenvalue weighted by molar-refractivity contribution is -0.180. The summed E-state index contributed by atoms with van der Waals surface area (Å²) in [6.07, 6.45) is 47.0. The van der Waals surface area contributed by atoms with Gasteiger partial charge in [-0.15, -0.1) is 0 Å². The summed E-state index contributed by atoms with van der Waals surface area (Å²) < 4.78 is 12.7. The van der Waals surface area contributed by atoms with Gasteiger partial charge in [0.25, 0.3) is 0 Å². The van der Waals surface area contributed by atoms with Crippen molar-refractivity contribution in [1.82, 2.24) is 0 Å². The first-order valence-corrected chi connectivity index (χ1v) is 19.0. The molecule has 248 valence electrons. The number of hydrogen-bond donors (Lipinski definition) is 1. The van der Waals surface area contributed by atoms with E-state index in [1.165, 1.54) is 167 Å². The Morgan fingerprint density at radius 3 is 1.26 bits per heavy atom. The fourth-order valence-corrected chi connectivity index (χ4v) is 6.22. The molecule has 3 heteroatoms. The second-order valence-corrected chi connectivity index (χ2v) is 13.1. The van der Waals surface area contributed by atoms with Crippen LogP contribution in [0.15, 0.2) is 24.3 Å². The zero-order valence-electron chi connectivity index (χ0n) is 28.6. The Bertz CT molecular complexity index is 558. The van der Waals surface area contributed by atoms with Crippen molar-refractivity contribution < 1.29 is 14.6 Å². The molecular weight excluding hydrogens is 516 g/mol. The van der Waals surface area contributed by atoms with E-state index >= 15 is 0 Å². The molecule has 3 nitrogen and oxygen atoms in total. The van der Waals surface area contributed by atoms with E-state index in [0.717, 1.165) is 12.8 Å².